The highest BCUT2D eigenvalue weighted by atomic mass is 16.1. The summed E-state index contributed by atoms with van der Waals surface area (Å²) in [4.78, 5) is 17.0. The van der Waals surface area contributed by atoms with Crippen LogP contribution in [0.5, 0.6) is 0 Å². The largest absolute Gasteiger partial charge is 0.350 e. The predicted molar refractivity (Wildman–Crippen MR) is 102 cm³/mol. The van der Waals surface area contributed by atoms with Gasteiger partial charge in [0, 0.05) is 24.9 Å². The second kappa shape index (κ2) is 7.23. The van der Waals surface area contributed by atoms with E-state index < -0.39 is 0 Å². The topological polar surface area (TPSA) is 46.4 Å². The molecule has 0 aliphatic heterocycles. The van der Waals surface area contributed by atoms with Gasteiger partial charge in [0.15, 0.2) is 0 Å². The van der Waals surface area contributed by atoms with E-state index in [0.717, 1.165) is 5.65 Å². The Morgan fingerprint density at radius 1 is 0.885 bits per heavy atom. The summed E-state index contributed by atoms with van der Waals surface area (Å²) in [5.41, 5.74) is 3.54. The van der Waals surface area contributed by atoms with Crippen molar-refractivity contribution in [3.05, 3.63) is 108 Å². The van der Waals surface area contributed by atoms with Crippen molar-refractivity contribution in [2.24, 2.45) is 0 Å². The smallest absolute Gasteiger partial charge is 0.271 e. The first-order valence-corrected chi connectivity index (χ1v) is 8.63. The monoisotopic (exact) mass is 341 g/mol. The van der Waals surface area contributed by atoms with E-state index >= 15 is 0 Å². The molecule has 1 N–H and O–H groups in total. The van der Waals surface area contributed by atoms with Crippen LogP contribution >= 0.6 is 0 Å². The van der Waals surface area contributed by atoms with Crippen molar-refractivity contribution < 1.29 is 4.79 Å². The number of hydrogen-bond acceptors (Lipinski definition) is 2. The number of imidazole rings is 1. The van der Waals surface area contributed by atoms with E-state index in [-0.39, 0.29) is 11.8 Å². The van der Waals surface area contributed by atoms with Gasteiger partial charge < -0.3 is 9.72 Å². The average Bonchev–Trinajstić information content (AvgIpc) is 3.14. The first kappa shape index (κ1) is 16.1. The molecule has 0 saturated heterocycles. The van der Waals surface area contributed by atoms with Crippen molar-refractivity contribution >= 4 is 11.6 Å². The Kier molecular flexibility index (Phi) is 4.48. The fourth-order valence-corrected chi connectivity index (χ4v) is 3.13. The number of fused-ring (bicyclic) bond motifs is 1. The zero-order valence-electron chi connectivity index (χ0n) is 14.2. The molecule has 0 saturated carbocycles. The van der Waals surface area contributed by atoms with E-state index in [1.165, 1.54) is 11.1 Å². The van der Waals surface area contributed by atoms with Crippen molar-refractivity contribution in [1.29, 1.82) is 0 Å². The number of amides is 1. The van der Waals surface area contributed by atoms with Crippen molar-refractivity contribution in [3.8, 4) is 0 Å². The molecule has 128 valence electrons. The second-order valence-electron chi connectivity index (χ2n) is 6.18. The van der Waals surface area contributed by atoms with Gasteiger partial charge in [-0.25, -0.2) is 4.98 Å². The molecule has 1 amide bonds. The number of pyridine rings is 1. The molecular weight excluding hydrogens is 322 g/mol. The van der Waals surface area contributed by atoms with Crippen LogP contribution in [0.15, 0.2) is 91.3 Å². The maximum Gasteiger partial charge on any atom is 0.271 e. The van der Waals surface area contributed by atoms with Crippen LogP contribution in [0.25, 0.3) is 5.65 Å². The van der Waals surface area contributed by atoms with Gasteiger partial charge in [-0.05, 0) is 23.3 Å². The second-order valence-corrected chi connectivity index (χ2v) is 6.18. The molecule has 0 aliphatic carbocycles. The van der Waals surface area contributed by atoms with Crippen LogP contribution in [-0.2, 0) is 0 Å². The third kappa shape index (κ3) is 3.35. The Labute approximate surface area is 152 Å². The SMILES string of the molecule is O=C(NCC(c1ccccc1)c1ccccc1)c1cn2ccccc2n1. The summed E-state index contributed by atoms with van der Waals surface area (Å²) in [7, 11) is 0. The van der Waals surface area contributed by atoms with Crippen molar-refractivity contribution in [2.75, 3.05) is 6.54 Å². The Hall–Kier alpha value is -3.40. The van der Waals surface area contributed by atoms with Crippen LogP contribution in [0, 0.1) is 0 Å². The van der Waals surface area contributed by atoms with E-state index in [1.54, 1.807) is 6.20 Å². The molecule has 4 nitrogen and oxygen atoms in total. The van der Waals surface area contributed by atoms with Gasteiger partial charge in [-0.15, -0.1) is 0 Å². The number of nitrogens with one attached hydrogen (secondary N) is 1. The molecule has 0 spiro atoms. The van der Waals surface area contributed by atoms with Gasteiger partial charge in [-0.1, -0.05) is 66.7 Å². The molecule has 4 heteroatoms. The summed E-state index contributed by atoms with van der Waals surface area (Å²) >= 11 is 0. The number of nitrogens with zero attached hydrogens (tertiary/aromatic N) is 2. The molecule has 2 heterocycles. The standard InChI is InChI=1S/C22H19N3O/c26-22(20-16-25-14-8-7-13-21(25)24-20)23-15-19(17-9-3-1-4-10-17)18-11-5-2-6-12-18/h1-14,16,19H,15H2,(H,23,26). The molecule has 4 rings (SSSR count). The average molecular weight is 341 g/mol. The Morgan fingerprint density at radius 2 is 1.50 bits per heavy atom. The minimum atomic E-state index is -0.162. The summed E-state index contributed by atoms with van der Waals surface area (Å²) in [5, 5.41) is 3.04. The number of aromatic nitrogens is 2. The molecule has 0 fully saturated rings. The third-order valence-corrected chi connectivity index (χ3v) is 4.47. The highest BCUT2D eigenvalue weighted by molar-refractivity contribution is 5.92. The number of carbonyl (C=O) groups excluding carboxylic acids is 1. The molecule has 0 unspecified atom stereocenters. The van der Waals surface area contributed by atoms with E-state index in [9.17, 15) is 4.79 Å². The predicted octanol–water partition coefficient (Wildman–Crippen LogP) is 3.90. The molecule has 0 radical (unpaired) electrons. The van der Waals surface area contributed by atoms with E-state index in [2.05, 4.69) is 34.6 Å². The van der Waals surface area contributed by atoms with Crippen LogP contribution < -0.4 is 5.32 Å². The summed E-state index contributed by atoms with van der Waals surface area (Å²) in [6.07, 6.45) is 3.64. The minimum absolute atomic E-state index is 0.0957. The highest BCUT2D eigenvalue weighted by Crippen LogP contribution is 2.23. The van der Waals surface area contributed by atoms with Crippen LogP contribution in [0.4, 0.5) is 0 Å². The number of benzene rings is 2. The van der Waals surface area contributed by atoms with Crippen molar-refractivity contribution in [2.45, 2.75) is 5.92 Å². The molecule has 0 atom stereocenters. The van der Waals surface area contributed by atoms with E-state index in [1.807, 2.05) is 65.2 Å². The third-order valence-electron chi connectivity index (χ3n) is 4.47. The Balaban J connectivity index is 1.55. The highest BCUT2D eigenvalue weighted by Gasteiger charge is 2.17. The van der Waals surface area contributed by atoms with Gasteiger partial charge in [-0.2, -0.15) is 0 Å². The Morgan fingerprint density at radius 3 is 2.12 bits per heavy atom. The lowest BCUT2D eigenvalue weighted by atomic mass is 9.91. The fourth-order valence-electron chi connectivity index (χ4n) is 3.13. The molecule has 2 aromatic carbocycles. The molecule has 2 aromatic heterocycles. The van der Waals surface area contributed by atoms with Crippen LogP contribution in [0.3, 0.4) is 0 Å². The van der Waals surface area contributed by atoms with Crippen LogP contribution in [-0.4, -0.2) is 21.8 Å². The lowest BCUT2D eigenvalue weighted by Gasteiger charge is -2.18. The number of rotatable bonds is 5. The van der Waals surface area contributed by atoms with Crippen LogP contribution in [0.1, 0.15) is 27.5 Å². The maximum atomic E-state index is 12.6. The Bertz CT molecular complexity index is 937. The van der Waals surface area contributed by atoms with Gasteiger partial charge in [0.05, 0.1) is 0 Å². The molecule has 0 bridgehead atoms. The molecule has 26 heavy (non-hydrogen) atoms. The normalized spacial score (nSPS) is 11.0. The van der Waals surface area contributed by atoms with Crippen molar-refractivity contribution in [3.63, 3.8) is 0 Å². The minimum Gasteiger partial charge on any atom is -0.350 e. The van der Waals surface area contributed by atoms with Gasteiger partial charge in [0.25, 0.3) is 5.91 Å². The molecular formula is C22H19N3O. The van der Waals surface area contributed by atoms with Gasteiger partial charge in [0.1, 0.15) is 11.3 Å². The van der Waals surface area contributed by atoms with E-state index in [0.29, 0.717) is 12.2 Å². The molecule has 4 aromatic rings. The zero-order valence-corrected chi connectivity index (χ0v) is 14.2. The summed E-state index contributed by atoms with van der Waals surface area (Å²) in [6, 6.07) is 26.2. The van der Waals surface area contributed by atoms with Gasteiger partial charge in [-0.3, -0.25) is 4.79 Å². The first-order valence-electron chi connectivity index (χ1n) is 8.63. The van der Waals surface area contributed by atoms with E-state index in [4.69, 9.17) is 0 Å². The summed E-state index contributed by atoms with van der Waals surface area (Å²) < 4.78 is 1.85. The lowest BCUT2D eigenvalue weighted by Crippen LogP contribution is -2.29. The summed E-state index contributed by atoms with van der Waals surface area (Å²) in [6.45, 7) is 0.515. The maximum absolute atomic E-state index is 12.6. The zero-order chi connectivity index (χ0) is 17.8. The number of carbonyl (C=O) groups is 1. The lowest BCUT2D eigenvalue weighted by molar-refractivity contribution is 0.0948. The summed E-state index contributed by atoms with van der Waals surface area (Å²) in [5.74, 6) is -0.0658. The first-order chi connectivity index (χ1) is 12.8. The quantitative estimate of drug-likeness (QED) is 0.598. The van der Waals surface area contributed by atoms with Gasteiger partial charge >= 0.3 is 0 Å². The van der Waals surface area contributed by atoms with Gasteiger partial charge in [0.2, 0.25) is 0 Å². The van der Waals surface area contributed by atoms with Crippen LogP contribution in [0.2, 0.25) is 0 Å². The molecule has 0 aliphatic rings. The number of hydrogen-bond donors (Lipinski definition) is 1. The van der Waals surface area contributed by atoms with Crippen molar-refractivity contribution in [1.82, 2.24) is 14.7 Å². The fraction of sp³-hybridized carbons (Fsp3) is 0.0909.